The maximum absolute atomic E-state index is 13.3. The molecule has 1 atom stereocenters. The van der Waals surface area contributed by atoms with Gasteiger partial charge in [-0.15, -0.1) is 0 Å². The molecule has 1 N–H and O–H groups in total. The fourth-order valence-corrected chi connectivity index (χ4v) is 4.30. The van der Waals surface area contributed by atoms with Gasteiger partial charge in [-0.2, -0.15) is 0 Å². The first-order valence-corrected chi connectivity index (χ1v) is 11.2. The Morgan fingerprint density at radius 3 is 2.47 bits per heavy atom. The highest BCUT2D eigenvalue weighted by atomic mass is 35.5. The van der Waals surface area contributed by atoms with Crippen LogP contribution >= 0.6 is 11.6 Å². The minimum atomic E-state index is -0.0956. The lowest BCUT2D eigenvalue weighted by atomic mass is 9.90. The monoisotopic (exact) mass is 446 g/mol. The van der Waals surface area contributed by atoms with Crippen molar-refractivity contribution in [2.24, 2.45) is 5.92 Å². The number of amides is 1. The van der Waals surface area contributed by atoms with Gasteiger partial charge in [-0.3, -0.25) is 9.36 Å². The van der Waals surface area contributed by atoms with Gasteiger partial charge in [-0.25, -0.2) is 9.97 Å². The Kier molecular flexibility index (Phi) is 6.56. The summed E-state index contributed by atoms with van der Waals surface area (Å²) in [4.78, 5) is 22.1. The van der Waals surface area contributed by atoms with Crippen molar-refractivity contribution in [3.8, 4) is 5.95 Å². The molecule has 1 amide bonds. The summed E-state index contributed by atoms with van der Waals surface area (Å²) in [6.07, 6.45) is 6.21. The highest BCUT2D eigenvalue weighted by molar-refractivity contribution is 6.30. The van der Waals surface area contributed by atoms with Crippen LogP contribution < -0.4 is 5.32 Å². The molecule has 2 heterocycles. The van der Waals surface area contributed by atoms with Gasteiger partial charge in [0, 0.05) is 41.5 Å². The first-order chi connectivity index (χ1) is 15.4. The largest absolute Gasteiger partial charge is 0.351 e. The normalized spacial score (nSPS) is 12.3. The fourth-order valence-electron chi connectivity index (χ4n) is 4.17. The summed E-state index contributed by atoms with van der Waals surface area (Å²) < 4.78 is 1.88. The van der Waals surface area contributed by atoms with Gasteiger partial charge in [0.05, 0.1) is 11.1 Å². The SMILES string of the molecule is Cc1cccc2c1c(C(=O)NCC(CC(C)C)c1ccc(Cl)cc1)cn2-c1ncccn1. The fraction of sp³-hybridized carbons (Fsp3) is 0.269. The van der Waals surface area contributed by atoms with Crippen LogP contribution in [0.4, 0.5) is 0 Å². The number of aryl methyl sites for hydroxylation is 1. The van der Waals surface area contributed by atoms with Crippen molar-refractivity contribution in [2.75, 3.05) is 6.54 Å². The molecule has 6 heteroatoms. The Hall–Kier alpha value is -3.18. The van der Waals surface area contributed by atoms with E-state index in [9.17, 15) is 4.79 Å². The molecule has 2 aromatic heterocycles. The predicted molar refractivity (Wildman–Crippen MR) is 130 cm³/mol. The lowest BCUT2D eigenvalue weighted by Gasteiger charge is -2.20. The summed E-state index contributed by atoms with van der Waals surface area (Å²) in [5, 5.41) is 4.81. The Morgan fingerprint density at radius 2 is 1.78 bits per heavy atom. The van der Waals surface area contributed by atoms with E-state index in [4.69, 9.17) is 11.6 Å². The van der Waals surface area contributed by atoms with E-state index in [1.54, 1.807) is 18.5 Å². The maximum atomic E-state index is 13.3. The van der Waals surface area contributed by atoms with Gasteiger partial charge >= 0.3 is 0 Å². The molecule has 2 aromatic carbocycles. The van der Waals surface area contributed by atoms with Crippen LogP contribution in [0.1, 0.15) is 47.7 Å². The van der Waals surface area contributed by atoms with Gasteiger partial charge < -0.3 is 5.32 Å². The molecule has 0 spiro atoms. The van der Waals surface area contributed by atoms with Gasteiger partial charge in [0.15, 0.2) is 0 Å². The van der Waals surface area contributed by atoms with Crippen molar-refractivity contribution < 1.29 is 4.79 Å². The molecule has 4 rings (SSSR count). The third-order valence-electron chi connectivity index (χ3n) is 5.66. The molecule has 0 fully saturated rings. The zero-order chi connectivity index (χ0) is 22.7. The molecule has 0 saturated heterocycles. The quantitative estimate of drug-likeness (QED) is 0.382. The van der Waals surface area contributed by atoms with Crippen molar-refractivity contribution in [1.29, 1.82) is 0 Å². The smallest absolute Gasteiger partial charge is 0.253 e. The molecule has 5 nitrogen and oxygen atoms in total. The summed E-state index contributed by atoms with van der Waals surface area (Å²) >= 11 is 6.07. The topological polar surface area (TPSA) is 59.8 Å². The molecule has 0 radical (unpaired) electrons. The molecule has 0 aliphatic heterocycles. The van der Waals surface area contributed by atoms with E-state index in [0.29, 0.717) is 29.0 Å². The van der Waals surface area contributed by atoms with Gasteiger partial charge in [-0.05, 0) is 54.7 Å². The number of hydrogen-bond donors (Lipinski definition) is 1. The van der Waals surface area contributed by atoms with E-state index in [1.165, 1.54) is 5.56 Å². The first-order valence-electron chi connectivity index (χ1n) is 10.9. The van der Waals surface area contributed by atoms with Crippen LogP contribution in [0.25, 0.3) is 16.9 Å². The van der Waals surface area contributed by atoms with E-state index >= 15 is 0 Å². The van der Waals surface area contributed by atoms with E-state index in [-0.39, 0.29) is 11.8 Å². The number of rotatable bonds is 7. The number of hydrogen-bond acceptors (Lipinski definition) is 3. The van der Waals surface area contributed by atoms with Gasteiger partial charge in [-0.1, -0.05) is 49.7 Å². The molecule has 0 bridgehead atoms. The summed E-state index contributed by atoms with van der Waals surface area (Å²) in [5.41, 5.74) is 3.76. The Bertz CT molecular complexity index is 1220. The minimum absolute atomic E-state index is 0.0956. The average molecular weight is 447 g/mol. The average Bonchev–Trinajstić information content (AvgIpc) is 3.18. The highest BCUT2D eigenvalue weighted by Gasteiger charge is 2.20. The van der Waals surface area contributed by atoms with Crippen LogP contribution in [0, 0.1) is 12.8 Å². The second kappa shape index (κ2) is 9.53. The van der Waals surface area contributed by atoms with Crippen molar-refractivity contribution in [1.82, 2.24) is 19.9 Å². The van der Waals surface area contributed by atoms with Gasteiger partial charge in [0.2, 0.25) is 5.95 Å². The number of carbonyl (C=O) groups excluding carboxylic acids is 1. The van der Waals surface area contributed by atoms with Crippen LogP contribution in [0.15, 0.2) is 67.1 Å². The van der Waals surface area contributed by atoms with E-state index < -0.39 is 0 Å². The van der Waals surface area contributed by atoms with Gasteiger partial charge in [0.25, 0.3) is 5.91 Å². The molecule has 164 valence electrons. The Morgan fingerprint density at radius 1 is 1.06 bits per heavy atom. The summed E-state index contributed by atoms with van der Waals surface area (Å²) in [6, 6.07) is 15.7. The molecular formula is C26H27ClN4O. The number of nitrogens with one attached hydrogen (secondary N) is 1. The number of benzene rings is 2. The van der Waals surface area contributed by atoms with Gasteiger partial charge in [0.1, 0.15) is 0 Å². The van der Waals surface area contributed by atoms with Crippen LogP contribution in [0.2, 0.25) is 5.02 Å². The molecule has 32 heavy (non-hydrogen) atoms. The summed E-state index contributed by atoms with van der Waals surface area (Å²) in [6.45, 7) is 6.97. The Labute approximate surface area is 193 Å². The number of halogens is 1. The Balaban J connectivity index is 1.64. The number of aromatic nitrogens is 3. The van der Waals surface area contributed by atoms with Crippen molar-refractivity contribution in [2.45, 2.75) is 33.1 Å². The van der Waals surface area contributed by atoms with E-state index in [2.05, 4.69) is 29.1 Å². The van der Waals surface area contributed by atoms with Crippen molar-refractivity contribution >= 4 is 28.4 Å². The molecular weight excluding hydrogens is 420 g/mol. The molecule has 0 saturated carbocycles. The second-order valence-electron chi connectivity index (χ2n) is 8.52. The van der Waals surface area contributed by atoms with Crippen LogP contribution in [-0.4, -0.2) is 27.0 Å². The van der Waals surface area contributed by atoms with Crippen LogP contribution in [0.3, 0.4) is 0 Å². The zero-order valence-corrected chi connectivity index (χ0v) is 19.3. The zero-order valence-electron chi connectivity index (χ0n) is 18.5. The number of nitrogens with zero attached hydrogens (tertiary/aromatic N) is 3. The lowest BCUT2D eigenvalue weighted by Crippen LogP contribution is -2.29. The summed E-state index contributed by atoms with van der Waals surface area (Å²) in [5.74, 6) is 1.16. The van der Waals surface area contributed by atoms with E-state index in [1.807, 2.05) is 60.2 Å². The third-order valence-corrected chi connectivity index (χ3v) is 5.91. The number of fused-ring (bicyclic) bond motifs is 1. The third kappa shape index (κ3) is 4.68. The molecule has 4 aromatic rings. The number of carbonyl (C=O) groups is 1. The standard InChI is InChI=1S/C26H27ClN4O/c1-17(2)14-20(19-8-10-21(27)11-9-19)15-30-25(32)22-16-31(26-28-12-5-13-29-26)23-7-4-6-18(3)24(22)23/h4-13,16-17,20H,14-15H2,1-3H3,(H,30,32). The van der Waals surface area contributed by atoms with Crippen molar-refractivity contribution in [3.63, 3.8) is 0 Å². The predicted octanol–water partition coefficient (Wildman–Crippen LogP) is 5.94. The van der Waals surface area contributed by atoms with E-state index in [0.717, 1.165) is 22.9 Å². The molecule has 0 aliphatic rings. The second-order valence-corrected chi connectivity index (χ2v) is 8.96. The minimum Gasteiger partial charge on any atom is -0.351 e. The lowest BCUT2D eigenvalue weighted by molar-refractivity contribution is 0.0951. The van der Waals surface area contributed by atoms with Crippen LogP contribution in [-0.2, 0) is 0 Å². The van der Waals surface area contributed by atoms with Crippen LogP contribution in [0.5, 0.6) is 0 Å². The maximum Gasteiger partial charge on any atom is 0.253 e. The highest BCUT2D eigenvalue weighted by Crippen LogP contribution is 2.28. The summed E-state index contributed by atoms with van der Waals surface area (Å²) in [7, 11) is 0. The molecule has 0 aliphatic carbocycles. The van der Waals surface area contributed by atoms with Crippen molar-refractivity contribution in [3.05, 3.63) is 88.8 Å². The molecule has 1 unspecified atom stereocenters. The first kappa shape index (κ1) is 22.0.